The summed E-state index contributed by atoms with van der Waals surface area (Å²) in [5.41, 5.74) is 4.38. The van der Waals surface area contributed by atoms with Gasteiger partial charge in [-0.25, -0.2) is 8.42 Å². The maximum atomic E-state index is 12.1. The molecule has 3 heteroatoms. The van der Waals surface area contributed by atoms with Gasteiger partial charge in [0.15, 0.2) is 9.84 Å². The first kappa shape index (κ1) is 14.8. The van der Waals surface area contributed by atoms with E-state index in [0.717, 1.165) is 16.7 Å². The van der Waals surface area contributed by atoms with Crippen LogP contribution in [0.3, 0.4) is 0 Å². The lowest BCUT2D eigenvalue weighted by Crippen LogP contribution is -2.13. The van der Waals surface area contributed by atoms with Crippen LogP contribution in [0.2, 0.25) is 0 Å². The van der Waals surface area contributed by atoms with E-state index in [1.165, 1.54) is 5.56 Å². The van der Waals surface area contributed by atoms with E-state index in [1.807, 2.05) is 32.0 Å². The molecule has 0 fully saturated rings. The second-order valence-electron chi connectivity index (χ2n) is 5.31. The van der Waals surface area contributed by atoms with E-state index in [0.29, 0.717) is 4.90 Å². The molecule has 105 valence electrons. The molecule has 0 atom stereocenters. The highest BCUT2D eigenvalue weighted by Crippen LogP contribution is 2.24. The molecular formula is C17H19O2S. The highest BCUT2D eigenvalue weighted by atomic mass is 32.2. The maximum absolute atomic E-state index is 12.1. The fourth-order valence-electron chi connectivity index (χ4n) is 1.96. The van der Waals surface area contributed by atoms with E-state index >= 15 is 0 Å². The molecule has 0 bridgehead atoms. The number of aryl methyl sites for hydroxylation is 2. The molecule has 0 saturated carbocycles. The Morgan fingerprint density at radius 3 is 2.10 bits per heavy atom. The van der Waals surface area contributed by atoms with Crippen molar-refractivity contribution >= 4 is 9.84 Å². The molecule has 2 rings (SSSR count). The Morgan fingerprint density at radius 2 is 1.60 bits per heavy atom. The number of hydrogen-bond acceptors (Lipinski definition) is 2. The van der Waals surface area contributed by atoms with Crippen LogP contribution >= 0.6 is 0 Å². The van der Waals surface area contributed by atoms with Gasteiger partial charge in [-0.1, -0.05) is 18.2 Å². The largest absolute Gasteiger partial charge is 0.223 e. The monoisotopic (exact) mass is 287 g/mol. The van der Waals surface area contributed by atoms with Crippen LogP contribution in [0.15, 0.2) is 41.3 Å². The third-order valence-electron chi connectivity index (χ3n) is 3.54. The standard InChI is InChI=1S/C17H19O2S/c1-12(2)20(18,19)17-9-7-15(8-10-17)16-6-5-13(3)14(4)11-16/h6-12H,1-4H3. The fourth-order valence-corrected chi connectivity index (χ4v) is 3.02. The minimum atomic E-state index is -3.20. The fraction of sp³-hybridized carbons (Fsp3) is 0.294. The Balaban J connectivity index is 2.40. The third kappa shape index (κ3) is 2.78. The maximum Gasteiger partial charge on any atom is 0.180 e. The smallest absolute Gasteiger partial charge is 0.180 e. The summed E-state index contributed by atoms with van der Waals surface area (Å²) >= 11 is 0. The van der Waals surface area contributed by atoms with Crippen LogP contribution in [0, 0.1) is 19.9 Å². The van der Waals surface area contributed by atoms with Crippen molar-refractivity contribution in [1.82, 2.24) is 0 Å². The normalized spacial score (nSPS) is 11.8. The molecule has 2 nitrogen and oxygen atoms in total. The van der Waals surface area contributed by atoms with Crippen molar-refractivity contribution < 1.29 is 8.42 Å². The number of benzene rings is 2. The number of rotatable bonds is 3. The van der Waals surface area contributed by atoms with Crippen molar-refractivity contribution in [1.29, 1.82) is 0 Å². The van der Waals surface area contributed by atoms with E-state index in [1.54, 1.807) is 26.0 Å². The Hall–Kier alpha value is -1.61. The molecule has 0 N–H and O–H groups in total. The second-order valence-corrected chi connectivity index (χ2v) is 7.82. The van der Waals surface area contributed by atoms with Gasteiger partial charge in [-0.15, -0.1) is 0 Å². The van der Waals surface area contributed by atoms with Crippen molar-refractivity contribution in [2.75, 3.05) is 0 Å². The minimum Gasteiger partial charge on any atom is -0.223 e. The summed E-state index contributed by atoms with van der Waals surface area (Å²) < 4.78 is 24.1. The average Bonchev–Trinajstić information content (AvgIpc) is 2.42. The highest BCUT2D eigenvalue weighted by Gasteiger charge is 2.18. The van der Waals surface area contributed by atoms with E-state index in [9.17, 15) is 8.42 Å². The van der Waals surface area contributed by atoms with E-state index < -0.39 is 15.1 Å². The SMILES string of the molecule is Cc1[c]cc(-c2ccc(S(=O)(=O)C(C)C)cc2)cc1C. The van der Waals surface area contributed by atoms with Crippen LogP contribution < -0.4 is 0 Å². The Bertz CT molecular complexity index is 711. The summed E-state index contributed by atoms with van der Waals surface area (Å²) in [4.78, 5) is 0.379. The highest BCUT2D eigenvalue weighted by molar-refractivity contribution is 7.92. The van der Waals surface area contributed by atoms with E-state index in [4.69, 9.17) is 0 Å². The summed E-state index contributed by atoms with van der Waals surface area (Å²) in [6, 6.07) is 14.3. The molecule has 20 heavy (non-hydrogen) atoms. The topological polar surface area (TPSA) is 34.1 Å². The summed E-state index contributed by atoms with van der Waals surface area (Å²) in [5.74, 6) is 0. The first-order chi connectivity index (χ1) is 9.32. The average molecular weight is 287 g/mol. The van der Waals surface area contributed by atoms with Crippen molar-refractivity contribution in [3.8, 4) is 11.1 Å². The van der Waals surface area contributed by atoms with Crippen molar-refractivity contribution in [3.05, 3.63) is 53.6 Å². The van der Waals surface area contributed by atoms with Crippen LogP contribution in [-0.2, 0) is 9.84 Å². The lowest BCUT2D eigenvalue weighted by atomic mass is 10.0. The minimum absolute atomic E-state index is 0.379. The summed E-state index contributed by atoms with van der Waals surface area (Å²) in [6.45, 7) is 7.47. The molecule has 0 spiro atoms. The van der Waals surface area contributed by atoms with Crippen molar-refractivity contribution in [3.63, 3.8) is 0 Å². The van der Waals surface area contributed by atoms with Crippen LogP contribution in [0.5, 0.6) is 0 Å². The predicted molar refractivity (Wildman–Crippen MR) is 82.5 cm³/mol. The van der Waals surface area contributed by atoms with Gasteiger partial charge in [0.2, 0.25) is 0 Å². The van der Waals surface area contributed by atoms with Gasteiger partial charge in [0.05, 0.1) is 10.1 Å². The molecule has 0 aliphatic carbocycles. The van der Waals surface area contributed by atoms with Crippen LogP contribution in [0.25, 0.3) is 11.1 Å². The molecular weight excluding hydrogens is 268 g/mol. The van der Waals surface area contributed by atoms with Crippen LogP contribution in [0.4, 0.5) is 0 Å². The Kier molecular flexibility index (Phi) is 4.00. The van der Waals surface area contributed by atoms with Gasteiger partial charge >= 0.3 is 0 Å². The first-order valence-corrected chi connectivity index (χ1v) is 8.20. The molecule has 1 radical (unpaired) electrons. The van der Waals surface area contributed by atoms with Crippen molar-refractivity contribution in [2.24, 2.45) is 0 Å². The third-order valence-corrected chi connectivity index (χ3v) is 5.71. The lowest BCUT2D eigenvalue weighted by Gasteiger charge is -2.09. The van der Waals surface area contributed by atoms with Gasteiger partial charge in [0, 0.05) is 0 Å². The van der Waals surface area contributed by atoms with Gasteiger partial charge in [0.1, 0.15) is 0 Å². The van der Waals surface area contributed by atoms with Gasteiger partial charge in [-0.05, 0) is 74.2 Å². The summed E-state index contributed by atoms with van der Waals surface area (Å²) in [6.07, 6.45) is 0. The molecule has 2 aromatic carbocycles. The zero-order chi connectivity index (χ0) is 14.9. The van der Waals surface area contributed by atoms with Gasteiger partial charge in [0.25, 0.3) is 0 Å². The molecule has 2 aromatic rings. The molecule has 0 aliphatic rings. The molecule has 0 aromatic heterocycles. The zero-order valence-electron chi connectivity index (χ0n) is 12.3. The number of sulfone groups is 1. The second kappa shape index (κ2) is 5.41. The quantitative estimate of drug-likeness (QED) is 0.856. The zero-order valence-corrected chi connectivity index (χ0v) is 13.1. The summed E-state index contributed by atoms with van der Waals surface area (Å²) in [5, 5.41) is -0.400. The molecule has 0 amide bonds. The first-order valence-electron chi connectivity index (χ1n) is 6.65. The molecule has 0 aliphatic heterocycles. The Labute approximate surface area is 121 Å². The lowest BCUT2D eigenvalue weighted by molar-refractivity contribution is 0.587. The Morgan fingerprint density at radius 1 is 1.00 bits per heavy atom. The van der Waals surface area contributed by atoms with Gasteiger partial charge in [-0.3, -0.25) is 0 Å². The van der Waals surface area contributed by atoms with E-state index in [-0.39, 0.29) is 0 Å². The predicted octanol–water partition coefficient (Wildman–Crippen LogP) is 3.95. The van der Waals surface area contributed by atoms with E-state index in [2.05, 4.69) is 12.1 Å². The van der Waals surface area contributed by atoms with Gasteiger partial charge in [-0.2, -0.15) is 0 Å². The van der Waals surface area contributed by atoms with Crippen LogP contribution in [0.1, 0.15) is 25.0 Å². The van der Waals surface area contributed by atoms with Crippen molar-refractivity contribution in [2.45, 2.75) is 37.8 Å². The van der Waals surface area contributed by atoms with Crippen LogP contribution in [-0.4, -0.2) is 13.7 Å². The molecule has 0 saturated heterocycles. The number of hydrogen-bond donors (Lipinski definition) is 0. The van der Waals surface area contributed by atoms with Gasteiger partial charge < -0.3 is 0 Å². The molecule has 0 heterocycles. The molecule has 0 unspecified atom stereocenters. The summed E-state index contributed by atoms with van der Waals surface area (Å²) in [7, 11) is -3.20.